The van der Waals surface area contributed by atoms with E-state index in [1.165, 1.54) is 19.3 Å². The maximum Gasteiger partial charge on any atom is 0.101 e. The first-order chi connectivity index (χ1) is 5.47. The fourth-order valence-electron chi connectivity index (χ4n) is 1.52. The molecule has 3 heteroatoms. The van der Waals surface area contributed by atoms with Crippen LogP contribution in [-0.4, -0.2) is 16.3 Å². The van der Waals surface area contributed by atoms with Gasteiger partial charge in [-0.1, -0.05) is 0 Å². The summed E-state index contributed by atoms with van der Waals surface area (Å²) < 4.78 is 2.00. The molecule has 1 aromatic rings. The van der Waals surface area contributed by atoms with Crippen molar-refractivity contribution in [3.63, 3.8) is 0 Å². The van der Waals surface area contributed by atoms with Crippen molar-refractivity contribution in [2.24, 2.45) is 0 Å². The molecule has 1 atom stereocenters. The molecule has 1 fully saturated rings. The van der Waals surface area contributed by atoms with Crippen LogP contribution in [0.4, 0.5) is 0 Å². The molecular weight excluding hydrogens is 138 g/mol. The molecule has 0 aromatic carbocycles. The van der Waals surface area contributed by atoms with Gasteiger partial charge in [-0.3, -0.25) is 10.00 Å². The van der Waals surface area contributed by atoms with E-state index in [1.807, 2.05) is 23.1 Å². The Kier molecular flexibility index (Phi) is 1.90. The minimum absolute atomic E-state index is 0.443. The van der Waals surface area contributed by atoms with Crippen molar-refractivity contribution in [3.05, 3.63) is 18.5 Å². The van der Waals surface area contributed by atoms with Crippen LogP contribution in [0.2, 0.25) is 0 Å². The highest BCUT2D eigenvalue weighted by molar-refractivity contribution is 4.82. The number of hydrogen-bond acceptors (Lipinski definition) is 2. The van der Waals surface area contributed by atoms with Gasteiger partial charge in [0.05, 0.1) is 0 Å². The predicted molar refractivity (Wildman–Crippen MR) is 43.1 cm³/mol. The molecule has 3 nitrogen and oxygen atoms in total. The van der Waals surface area contributed by atoms with Gasteiger partial charge in [0.25, 0.3) is 0 Å². The topological polar surface area (TPSA) is 29.9 Å². The summed E-state index contributed by atoms with van der Waals surface area (Å²) in [5, 5.41) is 7.62. The van der Waals surface area contributed by atoms with Gasteiger partial charge in [0.1, 0.15) is 6.17 Å². The Morgan fingerprint density at radius 1 is 1.45 bits per heavy atom. The molecular formula is C8H13N3. The minimum Gasteiger partial charge on any atom is -0.296 e. The minimum atomic E-state index is 0.443. The molecule has 1 saturated heterocycles. The van der Waals surface area contributed by atoms with Gasteiger partial charge in [0.15, 0.2) is 0 Å². The van der Waals surface area contributed by atoms with Gasteiger partial charge in [-0.2, -0.15) is 5.10 Å². The number of aromatic nitrogens is 2. The molecule has 0 radical (unpaired) electrons. The number of piperidine rings is 1. The van der Waals surface area contributed by atoms with Crippen LogP contribution in [0.1, 0.15) is 25.4 Å². The van der Waals surface area contributed by atoms with E-state index in [-0.39, 0.29) is 0 Å². The number of hydrogen-bond donors (Lipinski definition) is 1. The summed E-state index contributed by atoms with van der Waals surface area (Å²) in [5.74, 6) is 0. The summed E-state index contributed by atoms with van der Waals surface area (Å²) in [6.07, 6.45) is 8.12. The fourth-order valence-corrected chi connectivity index (χ4v) is 1.52. The monoisotopic (exact) mass is 151 g/mol. The summed E-state index contributed by atoms with van der Waals surface area (Å²) in [6, 6.07) is 1.97. The van der Waals surface area contributed by atoms with E-state index in [2.05, 4.69) is 10.4 Å². The molecule has 0 aliphatic carbocycles. The van der Waals surface area contributed by atoms with Gasteiger partial charge in [0.2, 0.25) is 0 Å². The molecule has 60 valence electrons. The Hall–Kier alpha value is -0.830. The van der Waals surface area contributed by atoms with Gasteiger partial charge in [-0.15, -0.1) is 0 Å². The van der Waals surface area contributed by atoms with Crippen molar-refractivity contribution in [2.45, 2.75) is 25.4 Å². The van der Waals surface area contributed by atoms with Gasteiger partial charge < -0.3 is 0 Å². The predicted octanol–water partition coefficient (Wildman–Crippen LogP) is 1.16. The van der Waals surface area contributed by atoms with E-state index in [0.29, 0.717) is 6.17 Å². The van der Waals surface area contributed by atoms with Crippen LogP contribution >= 0.6 is 0 Å². The average molecular weight is 151 g/mol. The first-order valence-corrected chi connectivity index (χ1v) is 4.19. The molecule has 2 heterocycles. The normalized spacial score (nSPS) is 25.3. The zero-order valence-corrected chi connectivity index (χ0v) is 6.53. The zero-order chi connectivity index (χ0) is 7.52. The standard InChI is InChI=1S/C8H13N3/c1-2-5-9-8(4-1)11-7-3-6-10-11/h3,6-9H,1-2,4-5H2/t8-/m1/s1. The fraction of sp³-hybridized carbons (Fsp3) is 0.625. The second kappa shape index (κ2) is 3.05. The third-order valence-electron chi connectivity index (χ3n) is 2.13. The van der Waals surface area contributed by atoms with E-state index in [1.54, 1.807) is 0 Å². The lowest BCUT2D eigenvalue weighted by molar-refractivity contribution is 0.298. The Balaban J connectivity index is 2.04. The maximum absolute atomic E-state index is 4.19. The van der Waals surface area contributed by atoms with Crippen LogP contribution in [0, 0.1) is 0 Å². The lowest BCUT2D eigenvalue weighted by Crippen LogP contribution is -2.31. The van der Waals surface area contributed by atoms with E-state index >= 15 is 0 Å². The molecule has 0 spiro atoms. The molecule has 1 aromatic heterocycles. The Labute approximate surface area is 66.4 Å². The van der Waals surface area contributed by atoms with E-state index in [9.17, 15) is 0 Å². The highest BCUT2D eigenvalue weighted by atomic mass is 15.3. The first kappa shape index (κ1) is 6.85. The van der Waals surface area contributed by atoms with Gasteiger partial charge in [-0.05, 0) is 31.9 Å². The van der Waals surface area contributed by atoms with Crippen LogP contribution in [0.25, 0.3) is 0 Å². The molecule has 0 bridgehead atoms. The van der Waals surface area contributed by atoms with E-state index < -0.39 is 0 Å². The van der Waals surface area contributed by atoms with E-state index in [4.69, 9.17) is 0 Å². The van der Waals surface area contributed by atoms with Crippen molar-refractivity contribution in [1.29, 1.82) is 0 Å². The molecule has 2 rings (SSSR count). The quantitative estimate of drug-likeness (QED) is 0.652. The van der Waals surface area contributed by atoms with Gasteiger partial charge in [0, 0.05) is 12.4 Å². The van der Waals surface area contributed by atoms with Crippen LogP contribution in [0.15, 0.2) is 18.5 Å². The second-order valence-electron chi connectivity index (χ2n) is 2.95. The maximum atomic E-state index is 4.19. The highest BCUT2D eigenvalue weighted by Crippen LogP contribution is 2.14. The summed E-state index contributed by atoms with van der Waals surface area (Å²) in [4.78, 5) is 0. The number of rotatable bonds is 1. The van der Waals surface area contributed by atoms with Crippen LogP contribution in [0.3, 0.4) is 0 Å². The smallest absolute Gasteiger partial charge is 0.101 e. The van der Waals surface area contributed by atoms with Crippen molar-refractivity contribution in [2.75, 3.05) is 6.54 Å². The summed E-state index contributed by atoms with van der Waals surface area (Å²) in [7, 11) is 0. The molecule has 0 saturated carbocycles. The summed E-state index contributed by atoms with van der Waals surface area (Å²) >= 11 is 0. The van der Waals surface area contributed by atoms with Crippen molar-refractivity contribution in [3.8, 4) is 0 Å². The number of nitrogens with one attached hydrogen (secondary N) is 1. The third kappa shape index (κ3) is 1.43. The lowest BCUT2D eigenvalue weighted by Gasteiger charge is -2.23. The molecule has 1 N–H and O–H groups in total. The molecule has 11 heavy (non-hydrogen) atoms. The molecule has 1 aliphatic heterocycles. The number of nitrogens with zero attached hydrogens (tertiary/aromatic N) is 2. The second-order valence-corrected chi connectivity index (χ2v) is 2.95. The van der Waals surface area contributed by atoms with E-state index in [0.717, 1.165) is 6.54 Å². The Morgan fingerprint density at radius 3 is 3.09 bits per heavy atom. The van der Waals surface area contributed by atoms with Crippen LogP contribution < -0.4 is 5.32 Å². The summed E-state index contributed by atoms with van der Waals surface area (Å²) in [5.41, 5.74) is 0. The molecule has 1 aliphatic rings. The molecule has 0 amide bonds. The van der Waals surface area contributed by atoms with Crippen LogP contribution in [-0.2, 0) is 0 Å². The lowest BCUT2D eigenvalue weighted by atomic mass is 10.1. The Morgan fingerprint density at radius 2 is 2.45 bits per heavy atom. The summed E-state index contributed by atoms with van der Waals surface area (Å²) in [6.45, 7) is 1.13. The van der Waals surface area contributed by atoms with Crippen molar-refractivity contribution in [1.82, 2.24) is 15.1 Å². The SMILES string of the molecule is c1cnn([C@@H]2CCCCN2)c1. The average Bonchev–Trinajstić information content (AvgIpc) is 2.58. The zero-order valence-electron chi connectivity index (χ0n) is 6.53. The van der Waals surface area contributed by atoms with Gasteiger partial charge in [-0.25, -0.2) is 0 Å². The largest absolute Gasteiger partial charge is 0.296 e. The first-order valence-electron chi connectivity index (χ1n) is 4.19. The van der Waals surface area contributed by atoms with Gasteiger partial charge >= 0.3 is 0 Å². The molecule has 0 unspecified atom stereocenters. The Bertz CT molecular complexity index is 199. The third-order valence-corrected chi connectivity index (χ3v) is 2.13. The highest BCUT2D eigenvalue weighted by Gasteiger charge is 2.12. The van der Waals surface area contributed by atoms with Crippen LogP contribution in [0.5, 0.6) is 0 Å². The van der Waals surface area contributed by atoms with Crippen molar-refractivity contribution >= 4 is 0 Å². The van der Waals surface area contributed by atoms with Crippen molar-refractivity contribution < 1.29 is 0 Å².